The summed E-state index contributed by atoms with van der Waals surface area (Å²) >= 11 is 0. The fraction of sp³-hybridized carbons (Fsp3) is 0.929. The molecule has 2 N–H and O–H groups in total. The van der Waals surface area contributed by atoms with Crippen LogP contribution in [0.4, 0.5) is 0 Å². The Kier molecular flexibility index (Phi) is 3.76. The first-order chi connectivity index (χ1) is 8.04. The zero-order chi connectivity index (χ0) is 12.5. The molecular formula is C14H26N2O. The predicted octanol–water partition coefficient (Wildman–Crippen LogP) is 2.15. The van der Waals surface area contributed by atoms with Gasteiger partial charge in [0, 0.05) is 13.1 Å². The van der Waals surface area contributed by atoms with Gasteiger partial charge in [-0.25, -0.2) is 0 Å². The Hall–Kier alpha value is -0.570. The van der Waals surface area contributed by atoms with E-state index in [1.165, 1.54) is 38.5 Å². The highest BCUT2D eigenvalue weighted by molar-refractivity contribution is 5.82. The Morgan fingerprint density at radius 2 is 1.65 bits per heavy atom. The van der Waals surface area contributed by atoms with E-state index in [9.17, 15) is 4.79 Å². The maximum Gasteiger partial charge on any atom is 0.239 e. The Morgan fingerprint density at radius 3 is 2.12 bits per heavy atom. The molecular weight excluding hydrogens is 212 g/mol. The number of hydrogen-bond acceptors (Lipinski definition) is 2. The molecule has 2 aliphatic rings. The summed E-state index contributed by atoms with van der Waals surface area (Å²) in [5.74, 6) is 0.401. The van der Waals surface area contributed by atoms with Crippen molar-refractivity contribution < 1.29 is 4.79 Å². The van der Waals surface area contributed by atoms with Crippen LogP contribution in [-0.2, 0) is 4.79 Å². The number of carbonyl (C=O) groups is 1. The molecule has 0 bridgehead atoms. The summed E-state index contributed by atoms with van der Waals surface area (Å²) in [7, 11) is 0. The van der Waals surface area contributed by atoms with E-state index in [1.807, 2.05) is 18.7 Å². The van der Waals surface area contributed by atoms with Crippen molar-refractivity contribution in [3.05, 3.63) is 0 Å². The molecule has 1 atom stereocenters. The first-order valence-corrected chi connectivity index (χ1v) is 7.08. The van der Waals surface area contributed by atoms with Crippen LogP contribution < -0.4 is 5.73 Å². The minimum absolute atomic E-state index is 0.160. The molecule has 1 heterocycles. The third-order valence-electron chi connectivity index (χ3n) is 4.80. The van der Waals surface area contributed by atoms with E-state index in [1.54, 1.807) is 0 Å². The van der Waals surface area contributed by atoms with Crippen molar-refractivity contribution in [1.82, 2.24) is 4.90 Å². The van der Waals surface area contributed by atoms with Gasteiger partial charge in [0.05, 0.1) is 6.04 Å². The van der Waals surface area contributed by atoms with Crippen LogP contribution in [0, 0.1) is 11.3 Å². The van der Waals surface area contributed by atoms with Crippen molar-refractivity contribution in [2.24, 2.45) is 17.1 Å². The number of nitrogens with two attached hydrogens (primary N) is 1. The lowest BCUT2D eigenvalue weighted by Crippen LogP contribution is -2.50. The fourth-order valence-corrected chi connectivity index (χ4v) is 3.32. The van der Waals surface area contributed by atoms with Gasteiger partial charge in [-0.3, -0.25) is 4.79 Å². The lowest BCUT2D eigenvalue weighted by atomic mass is 9.77. The third-order valence-corrected chi connectivity index (χ3v) is 4.80. The van der Waals surface area contributed by atoms with Crippen molar-refractivity contribution in [2.45, 2.75) is 58.4 Å². The van der Waals surface area contributed by atoms with Crippen LogP contribution in [0.5, 0.6) is 0 Å². The van der Waals surface area contributed by atoms with Crippen LogP contribution in [0.3, 0.4) is 0 Å². The summed E-state index contributed by atoms with van der Waals surface area (Å²) in [4.78, 5) is 14.1. The van der Waals surface area contributed by atoms with Crippen molar-refractivity contribution in [1.29, 1.82) is 0 Å². The zero-order valence-corrected chi connectivity index (χ0v) is 11.2. The molecule has 1 amide bonds. The Balaban J connectivity index is 1.88. The number of amides is 1. The van der Waals surface area contributed by atoms with E-state index in [0.29, 0.717) is 5.41 Å². The molecule has 1 aliphatic heterocycles. The minimum Gasteiger partial charge on any atom is -0.341 e. The Labute approximate surface area is 105 Å². The monoisotopic (exact) mass is 238 g/mol. The quantitative estimate of drug-likeness (QED) is 0.801. The van der Waals surface area contributed by atoms with Crippen LogP contribution in [0.15, 0.2) is 0 Å². The number of piperidine rings is 1. The standard InChI is InChI=1S/C14H26N2O/c1-11(2)12(15)13(17)16-9-7-14(8-10-16)5-3-4-6-14/h11-12H,3-10,15H2,1-2H3. The van der Waals surface area contributed by atoms with Gasteiger partial charge >= 0.3 is 0 Å². The normalized spacial score (nSPS) is 25.5. The van der Waals surface area contributed by atoms with Gasteiger partial charge in [0.1, 0.15) is 0 Å². The molecule has 98 valence electrons. The molecule has 1 spiro atoms. The number of hydrogen-bond donors (Lipinski definition) is 1. The third kappa shape index (κ3) is 2.65. The molecule has 0 aromatic heterocycles. The van der Waals surface area contributed by atoms with E-state index < -0.39 is 0 Å². The summed E-state index contributed by atoms with van der Waals surface area (Å²) in [5, 5.41) is 0. The first kappa shape index (κ1) is 12.9. The van der Waals surface area contributed by atoms with Gasteiger partial charge in [-0.15, -0.1) is 0 Å². The number of carbonyl (C=O) groups excluding carboxylic acids is 1. The topological polar surface area (TPSA) is 46.3 Å². The van der Waals surface area contributed by atoms with E-state index in [4.69, 9.17) is 5.73 Å². The lowest BCUT2D eigenvalue weighted by Gasteiger charge is -2.40. The van der Waals surface area contributed by atoms with E-state index in [0.717, 1.165) is 13.1 Å². The molecule has 17 heavy (non-hydrogen) atoms. The molecule has 3 nitrogen and oxygen atoms in total. The smallest absolute Gasteiger partial charge is 0.239 e. The summed E-state index contributed by atoms with van der Waals surface area (Å²) in [6, 6.07) is -0.312. The minimum atomic E-state index is -0.312. The second-order valence-corrected chi connectivity index (χ2v) is 6.30. The van der Waals surface area contributed by atoms with Gasteiger partial charge in [0.15, 0.2) is 0 Å². The fourth-order valence-electron chi connectivity index (χ4n) is 3.32. The molecule has 0 radical (unpaired) electrons. The lowest BCUT2D eigenvalue weighted by molar-refractivity contribution is -0.135. The van der Waals surface area contributed by atoms with E-state index in [2.05, 4.69) is 0 Å². The van der Waals surface area contributed by atoms with Crippen molar-refractivity contribution in [2.75, 3.05) is 13.1 Å². The van der Waals surface area contributed by atoms with Crippen LogP contribution in [0.2, 0.25) is 0 Å². The van der Waals surface area contributed by atoms with Crippen molar-refractivity contribution >= 4 is 5.91 Å². The zero-order valence-electron chi connectivity index (χ0n) is 11.2. The molecule has 2 fully saturated rings. The summed E-state index contributed by atoms with van der Waals surface area (Å²) < 4.78 is 0. The molecule has 1 aliphatic carbocycles. The molecule has 0 aromatic rings. The van der Waals surface area contributed by atoms with Gasteiger partial charge in [-0.2, -0.15) is 0 Å². The summed E-state index contributed by atoms with van der Waals surface area (Å²) in [5.41, 5.74) is 6.53. The maximum absolute atomic E-state index is 12.1. The first-order valence-electron chi connectivity index (χ1n) is 7.08. The Morgan fingerprint density at radius 1 is 1.12 bits per heavy atom. The second kappa shape index (κ2) is 4.97. The molecule has 1 unspecified atom stereocenters. The van der Waals surface area contributed by atoms with Crippen LogP contribution in [0.25, 0.3) is 0 Å². The van der Waals surface area contributed by atoms with Crippen LogP contribution >= 0.6 is 0 Å². The van der Waals surface area contributed by atoms with Crippen LogP contribution in [-0.4, -0.2) is 29.9 Å². The maximum atomic E-state index is 12.1. The van der Waals surface area contributed by atoms with Crippen LogP contribution in [0.1, 0.15) is 52.4 Å². The predicted molar refractivity (Wildman–Crippen MR) is 69.5 cm³/mol. The average Bonchev–Trinajstić information content (AvgIpc) is 2.76. The summed E-state index contributed by atoms with van der Waals surface area (Å²) in [6.07, 6.45) is 7.93. The molecule has 3 heteroatoms. The molecule has 1 saturated carbocycles. The summed E-state index contributed by atoms with van der Waals surface area (Å²) in [6.45, 7) is 5.90. The highest BCUT2D eigenvalue weighted by Crippen LogP contribution is 2.46. The van der Waals surface area contributed by atoms with E-state index in [-0.39, 0.29) is 17.9 Å². The molecule has 0 aromatic carbocycles. The molecule has 2 rings (SSSR count). The Bertz CT molecular complexity index is 272. The van der Waals surface area contributed by atoms with Gasteiger partial charge in [-0.05, 0) is 37.0 Å². The largest absolute Gasteiger partial charge is 0.341 e. The van der Waals surface area contributed by atoms with E-state index >= 15 is 0 Å². The van der Waals surface area contributed by atoms with Gasteiger partial charge < -0.3 is 10.6 Å². The highest BCUT2D eigenvalue weighted by atomic mass is 16.2. The van der Waals surface area contributed by atoms with Gasteiger partial charge in [0.25, 0.3) is 0 Å². The highest BCUT2D eigenvalue weighted by Gasteiger charge is 2.38. The van der Waals surface area contributed by atoms with Crippen molar-refractivity contribution in [3.8, 4) is 0 Å². The molecule has 1 saturated heterocycles. The second-order valence-electron chi connectivity index (χ2n) is 6.30. The average molecular weight is 238 g/mol. The number of rotatable bonds is 2. The van der Waals surface area contributed by atoms with Gasteiger partial charge in [-0.1, -0.05) is 26.7 Å². The van der Waals surface area contributed by atoms with Crippen molar-refractivity contribution in [3.63, 3.8) is 0 Å². The number of nitrogens with zero attached hydrogens (tertiary/aromatic N) is 1. The number of likely N-dealkylation sites (tertiary alicyclic amines) is 1. The SMILES string of the molecule is CC(C)C(N)C(=O)N1CCC2(CCCC2)CC1. The van der Waals surface area contributed by atoms with Gasteiger partial charge in [0.2, 0.25) is 5.91 Å².